The third-order valence-electron chi connectivity index (χ3n) is 4.10. The molecule has 1 heterocycles. The van der Waals surface area contributed by atoms with Crippen LogP contribution in [-0.2, 0) is 0 Å². The Balaban J connectivity index is 1.93. The van der Waals surface area contributed by atoms with E-state index in [-0.39, 0.29) is 12.6 Å². The van der Waals surface area contributed by atoms with Crippen molar-refractivity contribution in [1.82, 2.24) is 0 Å². The summed E-state index contributed by atoms with van der Waals surface area (Å²) in [5.41, 5.74) is 1.10. The summed E-state index contributed by atoms with van der Waals surface area (Å²) in [7, 11) is 6.12. The van der Waals surface area contributed by atoms with Gasteiger partial charge in [0.1, 0.15) is 0 Å². The van der Waals surface area contributed by atoms with Crippen molar-refractivity contribution in [3.63, 3.8) is 0 Å². The van der Waals surface area contributed by atoms with Gasteiger partial charge in [0.2, 0.25) is 18.3 Å². The van der Waals surface area contributed by atoms with Crippen LogP contribution in [0.1, 0.15) is 15.9 Å². The van der Waals surface area contributed by atoms with Crippen LogP contribution in [0.3, 0.4) is 0 Å². The average Bonchev–Trinajstić information content (AvgIpc) is 3.20. The molecule has 0 fully saturated rings. The van der Waals surface area contributed by atoms with Crippen LogP contribution in [0.4, 0.5) is 0 Å². The van der Waals surface area contributed by atoms with Crippen molar-refractivity contribution >= 4 is 11.9 Å². The first-order valence-corrected chi connectivity index (χ1v) is 8.12. The molecule has 27 heavy (non-hydrogen) atoms. The number of allylic oxidation sites excluding steroid dienone is 1. The molecule has 2 aromatic rings. The minimum Gasteiger partial charge on any atom is -0.493 e. The number of carbonyl (C=O) groups is 1. The summed E-state index contributed by atoms with van der Waals surface area (Å²) in [4.78, 5) is 12.6. The molecule has 0 aliphatic carbocycles. The number of ketones is 1. The molecule has 0 atom stereocenters. The lowest BCUT2D eigenvalue weighted by atomic mass is 10.1. The smallest absolute Gasteiger partial charge is 0.231 e. The second-order valence-corrected chi connectivity index (χ2v) is 5.53. The van der Waals surface area contributed by atoms with Crippen molar-refractivity contribution in [3.05, 3.63) is 41.5 Å². The van der Waals surface area contributed by atoms with Crippen LogP contribution >= 0.6 is 0 Å². The quantitative estimate of drug-likeness (QED) is 0.545. The van der Waals surface area contributed by atoms with Crippen LogP contribution in [0.5, 0.6) is 34.5 Å². The van der Waals surface area contributed by atoms with Crippen molar-refractivity contribution in [2.24, 2.45) is 0 Å². The average molecular weight is 372 g/mol. The number of benzene rings is 2. The van der Waals surface area contributed by atoms with Gasteiger partial charge in [0.25, 0.3) is 0 Å². The summed E-state index contributed by atoms with van der Waals surface area (Å²) >= 11 is 0. The van der Waals surface area contributed by atoms with E-state index in [0.29, 0.717) is 45.6 Å². The van der Waals surface area contributed by atoms with E-state index in [9.17, 15) is 4.79 Å². The first-order valence-electron chi connectivity index (χ1n) is 8.12. The predicted octanol–water partition coefficient (Wildman–Crippen LogP) is 3.35. The summed E-state index contributed by atoms with van der Waals surface area (Å²) in [5, 5.41) is 0. The maximum absolute atomic E-state index is 12.6. The molecule has 142 valence electrons. The Morgan fingerprint density at radius 2 is 1.59 bits per heavy atom. The Hall–Kier alpha value is -3.35. The van der Waals surface area contributed by atoms with Crippen molar-refractivity contribution in [2.75, 3.05) is 35.2 Å². The largest absolute Gasteiger partial charge is 0.493 e. The Morgan fingerprint density at radius 1 is 0.889 bits per heavy atom. The topological polar surface area (TPSA) is 72.5 Å². The number of carbonyl (C=O) groups excluding carboxylic acids is 1. The fourth-order valence-electron chi connectivity index (χ4n) is 2.77. The van der Waals surface area contributed by atoms with E-state index in [1.165, 1.54) is 27.4 Å². The normalized spacial score (nSPS) is 12.1. The van der Waals surface area contributed by atoms with E-state index in [0.717, 1.165) is 0 Å². The molecule has 0 amide bonds. The number of hydrogen-bond donors (Lipinski definition) is 0. The zero-order valence-electron chi connectivity index (χ0n) is 15.5. The number of hydrogen-bond acceptors (Lipinski definition) is 7. The lowest BCUT2D eigenvalue weighted by molar-refractivity contribution is 0.104. The minimum atomic E-state index is -0.199. The zero-order valence-corrected chi connectivity index (χ0v) is 15.5. The summed E-state index contributed by atoms with van der Waals surface area (Å²) < 4.78 is 32.1. The second-order valence-electron chi connectivity index (χ2n) is 5.53. The molecule has 1 aliphatic rings. The molecule has 3 rings (SSSR count). The first kappa shape index (κ1) is 18.4. The van der Waals surface area contributed by atoms with E-state index < -0.39 is 0 Å². The third-order valence-corrected chi connectivity index (χ3v) is 4.10. The highest BCUT2D eigenvalue weighted by molar-refractivity contribution is 6.07. The maximum Gasteiger partial charge on any atom is 0.231 e. The Bertz CT molecular complexity index is 886. The zero-order chi connectivity index (χ0) is 19.4. The van der Waals surface area contributed by atoms with Gasteiger partial charge in [0, 0.05) is 11.1 Å². The molecule has 1 aliphatic heterocycles. The van der Waals surface area contributed by atoms with Crippen molar-refractivity contribution in [3.8, 4) is 34.5 Å². The van der Waals surface area contributed by atoms with Gasteiger partial charge in [-0.3, -0.25) is 4.79 Å². The van der Waals surface area contributed by atoms with Gasteiger partial charge in [-0.15, -0.1) is 0 Å². The van der Waals surface area contributed by atoms with E-state index in [4.69, 9.17) is 28.4 Å². The van der Waals surface area contributed by atoms with E-state index in [2.05, 4.69) is 0 Å². The molecule has 0 saturated carbocycles. The van der Waals surface area contributed by atoms with Crippen LogP contribution in [0.2, 0.25) is 0 Å². The van der Waals surface area contributed by atoms with Gasteiger partial charge in [0.05, 0.1) is 28.4 Å². The fraction of sp³-hybridized carbons (Fsp3) is 0.250. The van der Waals surface area contributed by atoms with Gasteiger partial charge >= 0.3 is 0 Å². The number of ether oxygens (including phenoxy) is 6. The predicted molar refractivity (Wildman–Crippen MR) is 98.6 cm³/mol. The minimum absolute atomic E-state index is 0.0831. The van der Waals surface area contributed by atoms with Gasteiger partial charge in [-0.05, 0) is 36.4 Å². The molecule has 0 bridgehead atoms. The van der Waals surface area contributed by atoms with Crippen LogP contribution in [-0.4, -0.2) is 41.0 Å². The van der Waals surface area contributed by atoms with E-state index >= 15 is 0 Å². The van der Waals surface area contributed by atoms with Crippen LogP contribution in [0.15, 0.2) is 30.3 Å². The molecule has 0 radical (unpaired) electrons. The SMILES string of the molecule is COc1ccc(C(=O)/C=C/c2cc(OC)c3c(c2OC)OCO3)cc1OC. The summed E-state index contributed by atoms with van der Waals surface area (Å²) in [6, 6.07) is 6.71. The van der Waals surface area contributed by atoms with Crippen LogP contribution in [0, 0.1) is 0 Å². The van der Waals surface area contributed by atoms with Gasteiger partial charge in [0.15, 0.2) is 28.8 Å². The first-order chi connectivity index (χ1) is 13.1. The highest BCUT2D eigenvalue weighted by Gasteiger charge is 2.26. The van der Waals surface area contributed by atoms with Gasteiger partial charge in [-0.2, -0.15) is 0 Å². The van der Waals surface area contributed by atoms with Crippen molar-refractivity contribution < 1.29 is 33.2 Å². The molecule has 0 unspecified atom stereocenters. The van der Waals surface area contributed by atoms with Crippen LogP contribution in [0.25, 0.3) is 6.08 Å². The number of fused-ring (bicyclic) bond motifs is 1. The summed E-state index contributed by atoms with van der Waals surface area (Å²) in [6.45, 7) is 0.0831. The third kappa shape index (κ3) is 3.48. The van der Waals surface area contributed by atoms with E-state index in [1.807, 2.05) is 0 Å². The van der Waals surface area contributed by atoms with E-state index in [1.54, 1.807) is 37.5 Å². The molecule has 7 heteroatoms. The second kappa shape index (κ2) is 7.90. The lowest BCUT2D eigenvalue weighted by Gasteiger charge is -2.11. The molecule has 0 aromatic heterocycles. The fourth-order valence-corrected chi connectivity index (χ4v) is 2.77. The molecule has 0 N–H and O–H groups in total. The van der Waals surface area contributed by atoms with Crippen molar-refractivity contribution in [2.45, 2.75) is 0 Å². The Morgan fingerprint density at radius 3 is 2.26 bits per heavy atom. The molecule has 0 spiro atoms. The van der Waals surface area contributed by atoms with Gasteiger partial charge in [-0.1, -0.05) is 0 Å². The standard InChI is InChI=1S/C20H20O7/c1-22-15-8-6-12(9-16(15)23-2)14(21)7-5-13-10-17(24-3)19-20(18(13)25-4)27-11-26-19/h5-10H,11H2,1-4H3/b7-5+. The van der Waals surface area contributed by atoms with Gasteiger partial charge < -0.3 is 28.4 Å². The molecule has 2 aromatic carbocycles. The van der Waals surface area contributed by atoms with Gasteiger partial charge in [-0.25, -0.2) is 0 Å². The Kier molecular flexibility index (Phi) is 5.40. The highest BCUT2D eigenvalue weighted by Crippen LogP contribution is 2.49. The maximum atomic E-state index is 12.6. The number of rotatable bonds is 7. The molecular formula is C20H20O7. The van der Waals surface area contributed by atoms with Crippen molar-refractivity contribution in [1.29, 1.82) is 0 Å². The highest BCUT2D eigenvalue weighted by atomic mass is 16.7. The summed E-state index contributed by atoms with van der Waals surface area (Å²) in [6.07, 6.45) is 3.09. The Labute approximate surface area is 157 Å². The van der Waals surface area contributed by atoms with Crippen LogP contribution < -0.4 is 28.4 Å². The number of methoxy groups -OCH3 is 4. The molecule has 7 nitrogen and oxygen atoms in total. The monoisotopic (exact) mass is 372 g/mol. The summed E-state index contributed by atoms with van der Waals surface area (Å²) in [5.74, 6) is 2.75. The lowest BCUT2D eigenvalue weighted by Crippen LogP contribution is -1.98. The molecular weight excluding hydrogens is 352 g/mol. The molecule has 0 saturated heterocycles.